The summed E-state index contributed by atoms with van der Waals surface area (Å²) < 4.78 is 1.46. The Kier molecular flexibility index (Phi) is 5.48. The van der Waals surface area contributed by atoms with Crippen LogP contribution >= 0.6 is 46.6 Å². The molecule has 0 aliphatic carbocycles. The van der Waals surface area contributed by atoms with Crippen molar-refractivity contribution in [2.75, 3.05) is 6.26 Å². The van der Waals surface area contributed by atoms with Gasteiger partial charge in [-0.3, -0.25) is 4.79 Å². The number of fused-ring (bicyclic) bond motifs is 1. The Morgan fingerprint density at radius 1 is 1.17 bits per heavy atom. The van der Waals surface area contributed by atoms with E-state index in [1.807, 2.05) is 12.3 Å². The van der Waals surface area contributed by atoms with Gasteiger partial charge < -0.3 is 10.1 Å². The van der Waals surface area contributed by atoms with E-state index in [0.717, 1.165) is 5.56 Å². The van der Waals surface area contributed by atoms with Crippen molar-refractivity contribution < 1.29 is 5.11 Å². The van der Waals surface area contributed by atoms with Crippen molar-refractivity contribution in [2.45, 2.75) is 11.4 Å². The molecule has 6 nitrogen and oxygen atoms in total. The van der Waals surface area contributed by atoms with Crippen LogP contribution in [0.4, 0.5) is 0 Å². The molecule has 0 aliphatic rings. The molecule has 2 N–H and O–H groups in total. The fraction of sp³-hybridized carbons (Fsp3) is 0.105. The molecule has 0 atom stereocenters. The lowest BCUT2D eigenvalue weighted by Crippen LogP contribution is -2.13. The molecule has 0 bridgehead atoms. The van der Waals surface area contributed by atoms with Gasteiger partial charge in [0, 0.05) is 11.4 Å². The first-order chi connectivity index (χ1) is 13.9. The van der Waals surface area contributed by atoms with Gasteiger partial charge in [-0.05, 0) is 36.1 Å². The lowest BCUT2D eigenvalue weighted by atomic mass is 10.1. The zero-order valence-corrected chi connectivity index (χ0v) is 18.0. The molecule has 2 aromatic heterocycles. The van der Waals surface area contributed by atoms with E-state index in [2.05, 4.69) is 15.1 Å². The van der Waals surface area contributed by atoms with Crippen LogP contribution in [0.3, 0.4) is 0 Å². The number of thioether (sulfide) groups is 1. The Bertz CT molecular complexity index is 1280. The van der Waals surface area contributed by atoms with E-state index in [-0.39, 0.29) is 21.4 Å². The van der Waals surface area contributed by atoms with Gasteiger partial charge in [-0.1, -0.05) is 46.9 Å². The molecule has 2 aromatic carbocycles. The average Bonchev–Trinajstić information content (AvgIpc) is 3.00. The van der Waals surface area contributed by atoms with Gasteiger partial charge in [-0.25, -0.2) is 9.67 Å². The number of rotatable bonds is 4. The zero-order chi connectivity index (χ0) is 20.7. The van der Waals surface area contributed by atoms with Gasteiger partial charge in [0.15, 0.2) is 5.65 Å². The maximum absolute atomic E-state index is 12.8. The lowest BCUT2D eigenvalue weighted by molar-refractivity contribution is 0.474. The molecule has 4 aromatic rings. The SMILES string of the molecule is CSc1nn(-c2c(Cl)cc(Cl)cc2Cl)c2nc(Cc3cccc(O)c3)[nH]c(=O)c12. The largest absolute Gasteiger partial charge is 0.508 e. The number of benzene rings is 2. The van der Waals surface area contributed by atoms with Crippen LogP contribution < -0.4 is 5.56 Å². The first kappa shape index (κ1) is 20.1. The third-order valence-corrected chi connectivity index (χ3v) is 5.69. The van der Waals surface area contributed by atoms with Crippen molar-refractivity contribution in [3.63, 3.8) is 0 Å². The van der Waals surface area contributed by atoms with Crippen LogP contribution in [0.5, 0.6) is 5.75 Å². The first-order valence-electron chi connectivity index (χ1n) is 8.36. The molecular formula is C19H13Cl3N4O2S. The number of aromatic amines is 1. The van der Waals surface area contributed by atoms with Crippen molar-refractivity contribution in [1.82, 2.24) is 19.7 Å². The van der Waals surface area contributed by atoms with Crippen LogP contribution in [-0.2, 0) is 6.42 Å². The van der Waals surface area contributed by atoms with Crippen LogP contribution in [0.2, 0.25) is 15.1 Å². The van der Waals surface area contributed by atoms with E-state index in [9.17, 15) is 9.90 Å². The number of phenols is 1. The standard InChI is InChI=1S/C19H13Cl3N4O2S/c1-29-19-15-17(26(25-19)16-12(21)7-10(20)8-13(16)22)23-14(24-18(15)28)6-9-3-2-4-11(27)5-9/h2-5,7-8,27H,6H2,1H3,(H,23,24,28). The number of halogens is 3. The molecule has 0 aliphatic heterocycles. The van der Waals surface area contributed by atoms with Crippen LogP contribution in [0.1, 0.15) is 11.4 Å². The van der Waals surface area contributed by atoms with Gasteiger partial charge in [0.25, 0.3) is 5.56 Å². The van der Waals surface area contributed by atoms with Crippen LogP contribution in [0.15, 0.2) is 46.2 Å². The molecule has 4 rings (SSSR count). The summed E-state index contributed by atoms with van der Waals surface area (Å²) >= 11 is 20.1. The van der Waals surface area contributed by atoms with Crippen molar-refractivity contribution >= 4 is 57.6 Å². The van der Waals surface area contributed by atoms with E-state index in [4.69, 9.17) is 34.8 Å². The molecule has 0 amide bonds. The summed E-state index contributed by atoms with van der Waals surface area (Å²) in [5.41, 5.74) is 1.21. The summed E-state index contributed by atoms with van der Waals surface area (Å²) in [6.07, 6.45) is 2.14. The lowest BCUT2D eigenvalue weighted by Gasteiger charge is -2.09. The van der Waals surface area contributed by atoms with E-state index in [1.165, 1.54) is 16.4 Å². The minimum Gasteiger partial charge on any atom is -0.508 e. The monoisotopic (exact) mass is 466 g/mol. The summed E-state index contributed by atoms with van der Waals surface area (Å²) in [5, 5.41) is 16.0. The van der Waals surface area contributed by atoms with E-state index >= 15 is 0 Å². The second-order valence-corrected chi connectivity index (χ2v) is 8.24. The normalized spacial score (nSPS) is 11.3. The number of phenolic OH excluding ortho intramolecular Hbond substituents is 1. The number of hydrogen-bond donors (Lipinski definition) is 2. The molecule has 0 saturated carbocycles. The van der Waals surface area contributed by atoms with Gasteiger partial charge in [0.05, 0.1) is 10.0 Å². The Balaban J connectivity index is 1.94. The molecule has 148 valence electrons. The van der Waals surface area contributed by atoms with E-state index in [0.29, 0.717) is 39.0 Å². The highest BCUT2D eigenvalue weighted by Gasteiger charge is 2.21. The predicted molar refractivity (Wildman–Crippen MR) is 117 cm³/mol. The molecule has 0 radical (unpaired) electrons. The smallest absolute Gasteiger partial charge is 0.263 e. The van der Waals surface area contributed by atoms with Crippen LogP contribution in [-0.4, -0.2) is 31.1 Å². The number of aromatic nitrogens is 4. The van der Waals surface area contributed by atoms with Gasteiger partial charge in [0.1, 0.15) is 27.7 Å². The minimum atomic E-state index is -0.318. The summed E-state index contributed by atoms with van der Waals surface area (Å²) in [7, 11) is 0. The minimum absolute atomic E-state index is 0.139. The van der Waals surface area contributed by atoms with Gasteiger partial charge in [-0.15, -0.1) is 11.8 Å². The predicted octanol–water partition coefficient (Wildman–Crippen LogP) is 5.09. The maximum atomic E-state index is 12.8. The Labute approximate surface area is 184 Å². The Morgan fingerprint density at radius 3 is 2.55 bits per heavy atom. The second kappa shape index (κ2) is 7.91. The summed E-state index contributed by atoms with van der Waals surface area (Å²) in [6.45, 7) is 0. The van der Waals surface area contributed by atoms with Crippen LogP contribution in [0, 0.1) is 0 Å². The fourth-order valence-electron chi connectivity index (χ4n) is 3.02. The topological polar surface area (TPSA) is 83.8 Å². The van der Waals surface area contributed by atoms with Crippen molar-refractivity contribution in [3.8, 4) is 11.4 Å². The van der Waals surface area contributed by atoms with Crippen molar-refractivity contribution in [2.24, 2.45) is 0 Å². The number of nitrogens with zero attached hydrogens (tertiary/aromatic N) is 3. The second-order valence-electron chi connectivity index (χ2n) is 6.20. The van der Waals surface area contributed by atoms with E-state index in [1.54, 1.807) is 30.3 Å². The highest BCUT2D eigenvalue weighted by atomic mass is 35.5. The highest BCUT2D eigenvalue weighted by molar-refractivity contribution is 7.98. The molecule has 0 fully saturated rings. The van der Waals surface area contributed by atoms with Gasteiger partial charge in [0.2, 0.25) is 0 Å². The van der Waals surface area contributed by atoms with Gasteiger partial charge >= 0.3 is 0 Å². The average molecular weight is 468 g/mol. The van der Waals surface area contributed by atoms with Crippen LogP contribution in [0.25, 0.3) is 16.7 Å². The molecular weight excluding hydrogens is 455 g/mol. The molecule has 2 heterocycles. The Morgan fingerprint density at radius 2 is 1.90 bits per heavy atom. The van der Waals surface area contributed by atoms with Crippen molar-refractivity contribution in [3.05, 3.63) is 73.2 Å². The third kappa shape index (κ3) is 3.83. The fourth-order valence-corrected chi connectivity index (χ4v) is 4.55. The van der Waals surface area contributed by atoms with Crippen molar-refractivity contribution in [1.29, 1.82) is 0 Å². The molecule has 0 unspecified atom stereocenters. The molecule has 0 saturated heterocycles. The quantitative estimate of drug-likeness (QED) is 0.409. The number of hydrogen-bond acceptors (Lipinski definition) is 5. The van der Waals surface area contributed by atoms with E-state index < -0.39 is 0 Å². The third-order valence-electron chi connectivity index (χ3n) is 4.22. The van der Waals surface area contributed by atoms with Gasteiger partial charge in [-0.2, -0.15) is 5.10 Å². The zero-order valence-electron chi connectivity index (χ0n) is 14.9. The first-order valence-corrected chi connectivity index (χ1v) is 10.7. The summed E-state index contributed by atoms with van der Waals surface area (Å²) in [5.74, 6) is 0.559. The number of H-pyrrole nitrogens is 1. The maximum Gasteiger partial charge on any atom is 0.263 e. The summed E-state index contributed by atoms with van der Waals surface area (Å²) in [4.78, 5) is 20.2. The molecule has 0 spiro atoms. The highest BCUT2D eigenvalue weighted by Crippen LogP contribution is 2.34. The summed E-state index contributed by atoms with van der Waals surface area (Å²) in [6, 6.07) is 9.86. The Hall–Kier alpha value is -2.19. The molecule has 29 heavy (non-hydrogen) atoms. The number of aromatic hydroxyl groups is 1. The molecule has 10 heteroatoms. The number of nitrogens with one attached hydrogen (secondary N) is 1.